The normalized spacial score (nSPS) is 26.1. The van der Waals surface area contributed by atoms with E-state index < -0.39 is 23.7 Å². The molecule has 0 radical (unpaired) electrons. The highest BCUT2D eigenvalue weighted by Gasteiger charge is 2.50. The SMILES string of the molecule is O=C(O)C1CC(=O)N(C2CC2)C1c1cccc(Cl)c1F. The summed E-state index contributed by atoms with van der Waals surface area (Å²) in [5.74, 6) is -2.85. The van der Waals surface area contributed by atoms with Crippen LogP contribution in [0.3, 0.4) is 0 Å². The van der Waals surface area contributed by atoms with E-state index >= 15 is 0 Å². The molecular weight excluding hydrogens is 285 g/mol. The molecule has 1 aromatic carbocycles. The molecule has 4 nitrogen and oxygen atoms in total. The van der Waals surface area contributed by atoms with E-state index in [2.05, 4.69) is 0 Å². The van der Waals surface area contributed by atoms with Gasteiger partial charge >= 0.3 is 5.97 Å². The number of benzene rings is 1. The van der Waals surface area contributed by atoms with Gasteiger partial charge in [0.1, 0.15) is 5.82 Å². The molecule has 2 aliphatic rings. The molecule has 0 bridgehead atoms. The molecular formula is C14H13ClFNO3. The quantitative estimate of drug-likeness (QED) is 0.933. The lowest BCUT2D eigenvalue weighted by molar-refractivity contribution is -0.142. The van der Waals surface area contributed by atoms with Gasteiger partial charge in [0.2, 0.25) is 5.91 Å². The minimum Gasteiger partial charge on any atom is -0.481 e. The Morgan fingerprint density at radius 3 is 2.70 bits per heavy atom. The van der Waals surface area contributed by atoms with Crippen LogP contribution in [0.15, 0.2) is 18.2 Å². The number of carbonyl (C=O) groups excluding carboxylic acids is 1. The highest BCUT2D eigenvalue weighted by Crippen LogP contribution is 2.46. The topological polar surface area (TPSA) is 57.6 Å². The lowest BCUT2D eigenvalue weighted by Gasteiger charge is -2.27. The number of carboxylic acid groups (broad SMARTS) is 1. The molecule has 2 unspecified atom stereocenters. The maximum absolute atomic E-state index is 14.2. The first-order valence-corrected chi connectivity index (χ1v) is 6.86. The number of amides is 1. The van der Waals surface area contributed by atoms with Crippen LogP contribution in [0.4, 0.5) is 4.39 Å². The maximum Gasteiger partial charge on any atom is 0.309 e. The van der Waals surface area contributed by atoms with Gasteiger partial charge in [0.05, 0.1) is 17.0 Å². The monoisotopic (exact) mass is 297 g/mol. The first-order valence-electron chi connectivity index (χ1n) is 6.48. The molecule has 6 heteroatoms. The Hall–Kier alpha value is -1.62. The van der Waals surface area contributed by atoms with Gasteiger partial charge in [-0.25, -0.2) is 4.39 Å². The zero-order valence-electron chi connectivity index (χ0n) is 10.6. The minimum atomic E-state index is -1.08. The van der Waals surface area contributed by atoms with Gasteiger partial charge in [-0.05, 0) is 18.9 Å². The third-order valence-electron chi connectivity index (χ3n) is 3.92. The molecule has 1 aliphatic heterocycles. The molecule has 106 valence electrons. The lowest BCUT2D eigenvalue weighted by Crippen LogP contribution is -2.33. The molecule has 0 spiro atoms. The summed E-state index contributed by atoms with van der Waals surface area (Å²) in [7, 11) is 0. The van der Waals surface area contributed by atoms with E-state index in [-0.39, 0.29) is 29.0 Å². The third-order valence-corrected chi connectivity index (χ3v) is 4.21. The summed E-state index contributed by atoms with van der Waals surface area (Å²) in [5.41, 5.74) is 0.197. The van der Waals surface area contributed by atoms with Crippen LogP contribution in [0.1, 0.15) is 30.9 Å². The first kappa shape index (κ1) is 13.4. The Kier molecular flexibility index (Phi) is 3.17. The Morgan fingerprint density at radius 1 is 1.40 bits per heavy atom. The number of nitrogens with zero attached hydrogens (tertiary/aromatic N) is 1. The Morgan fingerprint density at radius 2 is 2.10 bits per heavy atom. The number of likely N-dealkylation sites (tertiary alicyclic amines) is 1. The van der Waals surface area contributed by atoms with Crippen molar-refractivity contribution < 1.29 is 19.1 Å². The zero-order chi connectivity index (χ0) is 14.4. The fourth-order valence-corrected chi connectivity index (χ4v) is 3.06. The summed E-state index contributed by atoms with van der Waals surface area (Å²) < 4.78 is 14.2. The fourth-order valence-electron chi connectivity index (χ4n) is 2.88. The molecule has 3 rings (SSSR count). The summed E-state index contributed by atoms with van der Waals surface area (Å²) >= 11 is 5.77. The molecule has 1 aromatic rings. The fraction of sp³-hybridized carbons (Fsp3) is 0.429. The third kappa shape index (κ3) is 2.06. The molecule has 1 N–H and O–H groups in total. The smallest absolute Gasteiger partial charge is 0.309 e. The Balaban J connectivity index is 2.07. The Bertz CT molecular complexity index is 588. The van der Waals surface area contributed by atoms with Crippen molar-refractivity contribution in [3.63, 3.8) is 0 Å². The van der Waals surface area contributed by atoms with Crippen molar-refractivity contribution in [2.75, 3.05) is 0 Å². The van der Waals surface area contributed by atoms with Crippen LogP contribution in [-0.4, -0.2) is 27.9 Å². The second kappa shape index (κ2) is 4.74. The molecule has 1 saturated heterocycles. The van der Waals surface area contributed by atoms with Crippen LogP contribution < -0.4 is 0 Å². The number of rotatable bonds is 3. The van der Waals surface area contributed by atoms with Gasteiger partial charge in [0, 0.05) is 18.0 Å². The van der Waals surface area contributed by atoms with E-state index in [4.69, 9.17) is 11.6 Å². The van der Waals surface area contributed by atoms with Crippen LogP contribution >= 0.6 is 11.6 Å². The van der Waals surface area contributed by atoms with Crippen LogP contribution in [0.5, 0.6) is 0 Å². The van der Waals surface area contributed by atoms with Gasteiger partial charge in [-0.1, -0.05) is 23.7 Å². The van der Waals surface area contributed by atoms with Crippen LogP contribution in [-0.2, 0) is 9.59 Å². The average Bonchev–Trinajstić information content (AvgIpc) is 3.16. The highest BCUT2D eigenvalue weighted by atomic mass is 35.5. The molecule has 1 aliphatic carbocycles. The van der Waals surface area contributed by atoms with E-state index in [1.807, 2.05) is 0 Å². The largest absolute Gasteiger partial charge is 0.481 e. The maximum atomic E-state index is 14.2. The van der Waals surface area contributed by atoms with Crippen molar-refractivity contribution in [3.8, 4) is 0 Å². The molecule has 1 heterocycles. The summed E-state index contributed by atoms with van der Waals surface area (Å²) in [6.45, 7) is 0. The van der Waals surface area contributed by atoms with Gasteiger partial charge in [-0.3, -0.25) is 9.59 Å². The predicted molar refractivity (Wildman–Crippen MR) is 69.8 cm³/mol. The van der Waals surface area contributed by atoms with Gasteiger partial charge in [0.15, 0.2) is 0 Å². The molecule has 1 saturated carbocycles. The van der Waals surface area contributed by atoms with E-state index in [9.17, 15) is 19.1 Å². The van der Waals surface area contributed by atoms with Crippen LogP contribution in [0.25, 0.3) is 0 Å². The van der Waals surface area contributed by atoms with E-state index in [0.29, 0.717) is 0 Å². The highest BCUT2D eigenvalue weighted by molar-refractivity contribution is 6.30. The van der Waals surface area contributed by atoms with Crippen LogP contribution in [0, 0.1) is 11.7 Å². The number of aliphatic carboxylic acids is 1. The van der Waals surface area contributed by atoms with Crippen molar-refractivity contribution in [3.05, 3.63) is 34.6 Å². The first-order chi connectivity index (χ1) is 9.50. The van der Waals surface area contributed by atoms with Crippen molar-refractivity contribution in [2.24, 2.45) is 5.92 Å². The van der Waals surface area contributed by atoms with E-state index in [0.717, 1.165) is 12.8 Å². The number of carbonyl (C=O) groups is 2. The number of halogens is 2. The van der Waals surface area contributed by atoms with Crippen molar-refractivity contribution in [1.29, 1.82) is 0 Å². The summed E-state index contributed by atoms with van der Waals surface area (Å²) in [6.07, 6.45) is 1.61. The Labute approximate surface area is 120 Å². The zero-order valence-corrected chi connectivity index (χ0v) is 11.3. The van der Waals surface area contributed by atoms with E-state index in [1.165, 1.54) is 17.0 Å². The number of hydrogen-bond acceptors (Lipinski definition) is 2. The molecule has 20 heavy (non-hydrogen) atoms. The van der Waals surface area contributed by atoms with Gasteiger partial charge < -0.3 is 10.0 Å². The summed E-state index contributed by atoms with van der Waals surface area (Å²) in [5, 5.41) is 9.25. The lowest BCUT2D eigenvalue weighted by atomic mass is 9.93. The number of hydrogen-bond donors (Lipinski definition) is 1. The summed E-state index contributed by atoms with van der Waals surface area (Å²) in [4.78, 5) is 25.0. The average molecular weight is 298 g/mol. The second-order valence-electron chi connectivity index (χ2n) is 5.27. The van der Waals surface area contributed by atoms with Crippen molar-refractivity contribution in [2.45, 2.75) is 31.3 Å². The van der Waals surface area contributed by atoms with Crippen molar-refractivity contribution >= 4 is 23.5 Å². The van der Waals surface area contributed by atoms with Gasteiger partial charge in [0.25, 0.3) is 0 Å². The second-order valence-corrected chi connectivity index (χ2v) is 5.68. The molecule has 2 atom stereocenters. The van der Waals surface area contributed by atoms with Gasteiger partial charge in [-0.2, -0.15) is 0 Å². The number of carboxylic acids is 1. The minimum absolute atomic E-state index is 0.0373. The molecule has 2 fully saturated rings. The molecule has 0 aromatic heterocycles. The van der Waals surface area contributed by atoms with E-state index in [1.54, 1.807) is 6.07 Å². The van der Waals surface area contributed by atoms with Gasteiger partial charge in [-0.15, -0.1) is 0 Å². The van der Waals surface area contributed by atoms with Crippen molar-refractivity contribution in [1.82, 2.24) is 4.90 Å². The van der Waals surface area contributed by atoms with Crippen LogP contribution in [0.2, 0.25) is 5.02 Å². The summed E-state index contributed by atoms with van der Waals surface area (Å²) in [6, 6.07) is 3.78. The predicted octanol–water partition coefficient (Wildman–Crippen LogP) is 2.62. The standard InChI is InChI=1S/C14H13ClFNO3/c15-10-3-1-2-8(12(10)16)13-9(14(19)20)6-11(18)17(13)7-4-5-7/h1-3,7,9,13H,4-6H2,(H,19,20). The molecule has 1 amide bonds.